The van der Waals surface area contributed by atoms with Crippen molar-refractivity contribution in [3.05, 3.63) is 48.7 Å². The molecule has 0 radical (unpaired) electrons. The standard InChI is InChI=1S/C10H12N2O/c1-3-4-9-7(2)5-6-8(11)10(13)12-9/h3-6,8H,1-2,11H2,(H,12,13)/b9-4+. The van der Waals surface area contributed by atoms with Crippen LogP contribution < -0.4 is 11.1 Å². The first-order valence-electron chi connectivity index (χ1n) is 3.92. The van der Waals surface area contributed by atoms with Crippen LogP contribution >= 0.6 is 0 Å². The van der Waals surface area contributed by atoms with Gasteiger partial charge in [0.15, 0.2) is 0 Å². The quantitative estimate of drug-likeness (QED) is 0.615. The summed E-state index contributed by atoms with van der Waals surface area (Å²) in [6, 6.07) is -0.604. The van der Waals surface area contributed by atoms with Crippen LogP contribution in [0.1, 0.15) is 0 Å². The van der Waals surface area contributed by atoms with E-state index in [0.29, 0.717) is 5.70 Å². The molecule has 1 heterocycles. The average molecular weight is 176 g/mol. The lowest BCUT2D eigenvalue weighted by Gasteiger charge is -2.07. The van der Waals surface area contributed by atoms with Gasteiger partial charge in [0.25, 0.3) is 0 Å². The van der Waals surface area contributed by atoms with Crippen LogP contribution in [-0.4, -0.2) is 11.9 Å². The van der Waals surface area contributed by atoms with Gasteiger partial charge in [0, 0.05) is 5.70 Å². The summed E-state index contributed by atoms with van der Waals surface area (Å²) in [5.74, 6) is -0.233. The molecule has 0 spiro atoms. The van der Waals surface area contributed by atoms with E-state index >= 15 is 0 Å². The minimum absolute atomic E-state index is 0.233. The molecule has 1 aliphatic heterocycles. The van der Waals surface area contributed by atoms with Gasteiger partial charge in [-0.25, -0.2) is 0 Å². The fourth-order valence-corrected chi connectivity index (χ4v) is 0.960. The van der Waals surface area contributed by atoms with Crippen LogP contribution in [-0.2, 0) is 4.79 Å². The van der Waals surface area contributed by atoms with Crippen molar-refractivity contribution in [3.8, 4) is 0 Å². The van der Waals surface area contributed by atoms with Gasteiger partial charge in [-0.3, -0.25) is 4.79 Å². The zero-order valence-electron chi connectivity index (χ0n) is 7.29. The second-order valence-corrected chi connectivity index (χ2v) is 2.72. The first-order chi connectivity index (χ1) is 6.15. The maximum absolute atomic E-state index is 11.2. The van der Waals surface area contributed by atoms with Crippen molar-refractivity contribution in [1.29, 1.82) is 0 Å². The van der Waals surface area contributed by atoms with Gasteiger partial charge >= 0.3 is 0 Å². The van der Waals surface area contributed by atoms with Crippen molar-refractivity contribution in [3.63, 3.8) is 0 Å². The highest BCUT2D eigenvalue weighted by atomic mass is 16.2. The molecular formula is C10H12N2O. The summed E-state index contributed by atoms with van der Waals surface area (Å²) < 4.78 is 0. The molecule has 3 heteroatoms. The smallest absolute Gasteiger partial charge is 0.245 e. The van der Waals surface area contributed by atoms with E-state index in [1.54, 1.807) is 24.3 Å². The Morgan fingerprint density at radius 3 is 2.92 bits per heavy atom. The number of nitrogens with one attached hydrogen (secondary N) is 1. The number of nitrogens with two attached hydrogens (primary N) is 1. The average Bonchev–Trinajstić information content (AvgIpc) is 2.21. The largest absolute Gasteiger partial charge is 0.324 e. The van der Waals surface area contributed by atoms with Crippen LogP contribution in [0.15, 0.2) is 48.7 Å². The van der Waals surface area contributed by atoms with Crippen molar-refractivity contribution >= 4 is 5.91 Å². The Morgan fingerprint density at radius 1 is 1.62 bits per heavy atom. The number of amides is 1. The molecule has 0 aliphatic carbocycles. The van der Waals surface area contributed by atoms with Crippen molar-refractivity contribution in [2.75, 3.05) is 0 Å². The second-order valence-electron chi connectivity index (χ2n) is 2.72. The Bertz CT molecular complexity index is 313. The second kappa shape index (κ2) is 3.87. The predicted octanol–water partition coefficient (Wildman–Crippen LogP) is 0.626. The van der Waals surface area contributed by atoms with Gasteiger partial charge in [-0.1, -0.05) is 31.4 Å². The Labute approximate surface area is 77.3 Å². The number of carbonyl (C=O) groups excluding carboxylic acids is 1. The van der Waals surface area contributed by atoms with Crippen LogP contribution in [0.2, 0.25) is 0 Å². The van der Waals surface area contributed by atoms with Crippen LogP contribution in [0.4, 0.5) is 0 Å². The number of rotatable bonds is 1. The molecule has 68 valence electrons. The molecule has 0 fully saturated rings. The van der Waals surface area contributed by atoms with E-state index in [4.69, 9.17) is 5.73 Å². The Hall–Kier alpha value is -1.61. The third kappa shape index (κ3) is 2.16. The highest BCUT2D eigenvalue weighted by Crippen LogP contribution is 2.10. The molecule has 1 amide bonds. The summed E-state index contributed by atoms with van der Waals surface area (Å²) in [5.41, 5.74) is 6.87. The molecule has 1 atom stereocenters. The molecular weight excluding hydrogens is 164 g/mol. The molecule has 1 aliphatic rings. The van der Waals surface area contributed by atoms with Crippen LogP contribution in [0, 0.1) is 0 Å². The van der Waals surface area contributed by atoms with E-state index in [2.05, 4.69) is 18.5 Å². The normalized spacial score (nSPS) is 25.6. The van der Waals surface area contributed by atoms with Crippen LogP contribution in [0.5, 0.6) is 0 Å². The number of carbonyl (C=O) groups is 1. The van der Waals surface area contributed by atoms with Crippen molar-refractivity contribution < 1.29 is 4.79 Å². The number of allylic oxidation sites excluding steroid dienone is 3. The van der Waals surface area contributed by atoms with Gasteiger partial charge < -0.3 is 11.1 Å². The Balaban J connectivity index is 2.97. The first-order valence-corrected chi connectivity index (χ1v) is 3.92. The molecule has 1 unspecified atom stereocenters. The van der Waals surface area contributed by atoms with E-state index in [1.807, 2.05) is 0 Å². The molecule has 0 aromatic carbocycles. The summed E-state index contributed by atoms with van der Waals surface area (Å²) in [5, 5.41) is 2.64. The fraction of sp³-hybridized carbons (Fsp3) is 0.100. The molecule has 0 saturated carbocycles. The lowest BCUT2D eigenvalue weighted by atomic mass is 10.2. The monoisotopic (exact) mass is 176 g/mol. The number of hydrogen-bond acceptors (Lipinski definition) is 2. The molecule has 3 N–H and O–H groups in total. The zero-order chi connectivity index (χ0) is 9.84. The highest BCUT2D eigenvalue weighted by Gasteiger charge is 2.15. The van der Waals surface area contributed by atoms with Gasteiger partial charge in [-0.15, -0.1) is 0 Å². The van der Waals surface area contributed by atoms with E-state index in [9.17, 15) is 4.79 Å². The topological polar surface area (TPSA) is 55.1 Å². The summed E-state index contributed by atoms with van der Waals surface area (Å²) in [6.45, 7) is 7.31. The molecule has 3 nitrogen and oxygen atoms in total. The van der Waals surface area contributed by atoms with E-state index in [-0.39, 0.29) is 5.91 Å². The molecule has 0 bridgehead atoms. The van der Waals surface area contributed by atoms with Gasteiger partial charge in [0.05, 0.1) is 0 Å². The summed E-state index contributed by atoms with van der Waals surface area (Å²) in [7, 11) is 0. The van der Waals surface area contributed by atoms with Crippen molar-refractivity contribution in [2.24, 2.45) is 5.73 Å². The van der Waals surface area contributed by atoms with Crippen LogP contribution in [0.25, 0.3) is 0 Å². The Morgan fingerprint density at radius 2 is 2.31 bits per heavy atom. The van der Waals surface area contributed by atoms with Gasteiger partial charge in [0.2, 0.25) is 5.91 Å². The molecule has 0 aromatic heterocycles. The van der Waals surface area contributed by atoms with Gasteiger partial charge in [-0.2, -0.15) is 0 Å². The molecule has 0 aromatic rings. The number of hydrogen-bond donors (Lipinski definition) is 2. The van der Waals surface area contributed by atoms with E-state index in [0.717, 1.165) is 5.57 Å². The van der Waals surface area contributed by atoms with Gasteiger partial charge in [-0.05, 0) is 11.6 Å². The van der Waals surface area contributed by atoms with E-state index < -0.39 is 6.04 Å². The summed E-state index contributed by atoms with van der Waals surface area (Å²) in [4.78, 5) is 11.2. The predicted molar refractivity (Wildman–Crippen MR) is 52.7 cm³/mol. The highest BCUT2D eigenvalue weighted by molar-refractivity contribution is 5.87. The first kappa shape index (κ1) is 9.48. The van der Waals surface area contributed by atoms with Crippen LogP contribution in [0.3, 0.4) is 0 Å². The third-order valence-electron chi connectivity index (χ3n) is 1.70. The maximum Gasteiger partial charge on any atom is 0.245 e. The fourth-order valence-electron chi connectivity index (χ4n) is 0.960. The minimum Gasteiger partial charge on any atom is -0.324 e. The lowest BCUT2D eigenvalue weighted by molar-refractivity contribution is -0.120. The summed E-state index contributed by atoms with van der Waals surface area (Å²) in [6.07, 6.45) is 6.60. The molecule has 13 heavy (non-hydrogen) atoms. The van der Waals surface area contributed by atoms with E-state index in [1.165, 1.54) is 0 Å². The molecule has 0 saturated heterocycles. The zero-order valence-corrected chi connectivity index (χ0v) is 7.29. The third-order valence-corrected chi connectivity index (χ3v) is 1.70. The lowest BCUT2D eigenvalue weighted by Crippen LogP contribution is -2.37. The SMILES string of the molecule is C=C/C=C1/NC(=O)C(N)C=CC1=C. The molecule has 1 rings (SSSR count). The Kier molecular flexibility index (Phi) is 2.82. The van der Waals surface area contributed by atoms with Crippen molar-refractivity contribution in [2.45, 2.75) is 6.04 Å². The van der Waals surface area contributed by atoms with Crippen molar-refractivity contribution in [1.82, 2.24) is 5.32 Å². The van der Waals surface area contributed by atoms with Gasteiger partial charge in [0.1, 0.15) is 6.04 Å². The summed E-state index contributed by atoms with van der Waals surface area (Å²) >= 11 is 0. The maximum atomic E-state index is 11.2. The minimum atomic E-state index is -0.604.